The number of ether oxygens (including phenoxy) is 1. The minimum absolute atomic E-state index is 0.0532. The van der Waals surface area contributed by atoms with Gasteiger partial charge in [-0.3, -0.25) is 4.79 Å². The SMILES string of the molecule is COc1c(Br)ncc(CC(=O)O)c1C(F)F. The zero-order valence-electron chi connectivity index (χ0n) is 8.21. The molecule has 1 aromatic rings. The predicted octanol–water partition coefficient (Wildman–Crippen LogP) is 2.42. The number of carboxylic acids is 1. The van der Waals surface area contributed by atoms with Gasteiger partial charge in [-0.2, -0.15) is 0 Å². The van der Waals surface area contributed by atoms with Crippen molar-refractivity contribution in [3.8, 4) is 5.75 Å². The molecule has 0 saturated heterocycles. The zero-order valence-corrected chi connectivity index (χ0v) is 9.79. The first kappa shape index (κ1) is 12.8. The Morgan fingerprint density at radius 2 is 2.31 bits per heavy atom. The van der Waals surface area contributed by atoms with Gasteiger partial charge in [-0.15, -0.1) is 0 Å². The number of alkyl halides is 2. The molecule has 4 nitrogen and oxygen atoms in total. The van der Waals surface area contributed by atoms with Crippen LogP contribution in [0.1, 0.15) is 17.6 Å². The first-order valence-electron chi connectivity index (χ1n) is 4.18. The molecule has 0 amide bonds. The average molecular weight is 296 g/mol. The number of aliphatic carboxylic acids is 1. The molecule has 0 aliphatic heterocycles. The summed E-state index contributed by atoms with van der Waals surface area (Å²) in [5.41, 5.74) is -0.491. The third kappa shape index (κ3) is 2.66. The first-order chi connectivity index (χ1) is 7.47. The molecule has 1 rings (SSSR count). The van der Waals surface area contributed by atoms with Crippen LogP contribution in [0, 0.1) is 0 Å². The maximum absolute atomic E-state index is 12.8. The number of rotatable bonds is 4. The van der Waals surface area contributed by atoms with Crippen LogP contribution in [-0.4, -0.2) is 23.2 Å². The first-order valence-corrected chi connectivity index (χ1v) is 4.97. The van der Waals surface area contributed by atoms with Crippen LogP contribution < -0.4 is 4.74 Å². The lowest BCUT2D eigenvalue weighted by atomic mass is 10.1. The summed E-state index contributed by atoms with van der Waals surface area (Å²) in [5, 5.41) is 8.58. The average Bonchev–Trinajstić information content (AvgIpc) is 2.18. The van der Waals surface area contributed by atoms with E-state index in [0.29, 0.717) is 0 Å². The van der Waals surface area contributed by atoms with Crippen LogP contribution in [0.15, 0.2) is 10.8 Å². The number of nitrogens with zero attached hydrogens (tertiary/aromatic N) is 1. The molecule has 1 N–H and O–H groups in total. The maximum Gasteiger partial charge on any atom is 0.307 e. The van der Waals surface area contributed by atoms with Crippen LogP contribution in [0.4, 0.5) is 8.78 Å². The lowest BCUT2D eigenvalue weighted by Gasteiger charge is -2.12. The fraction of sp³-hybridized carbons (Fsp3) is 0.333. The van der Waals surface area contributed by atoms with E-state index in [1.54, 1.807) is 0 Å². The van der Waals surface area contributed by atoms with E-state index in [9.17, 15) is 13.6 Å². The minimum atomic E-state index is -2.82. The highest BCUT2D eigenvalue weighted by atomic mass is 79.9. The molecule has 0 spiro atoms. The molecule has 0 radical (unpaired) electrons. The van der Waals surface area contributed by atoms with Crippen molar-refractivity contribution in [2.75, 3.05) is 7.11 Å². The second-order valence-electron chi connectivity index (χ2n) is 2.89. The lowest BCUT2D eigenvalue weighted by molar-refractivity contribution is -0.136. The van der Waals surface area contributed by atoms with Gasteiger partial charge >= 0.3 is 5.97 Å². The van der Waals surface area contributed by atoms with E-state index < -0.39 is 24.4 Å². The van der Waals surface area contributed by atoms with E-state index in [4.69, 9.17) is 9.84 Å². The van der Waals surface area contributed by atoms with E-state index in [-0.39, 0.29) is 15.9 Å². The number of hydrogen-bond acceptors (Lipinski definition) is 3. The summed E-state index contributed by atoms with van der Waals surface area (Å²) in [6.45, 7) is 0. The molecule has 1 heterocycles. The van der Waals surface area contributed by atoms with Crippen molar-refractivity contribution in [3.63, 3.8) is 0 Å². The number of carbonyl (C=O) groups is 1. The minimum Gasteiger partial charge on any atom is -0.493 e. The van der Waals surface area contributed by atoms with Crippen LogP contribution >= 0.6 is 15.9 Å². The number of carboxylic acid groups (broad SMARTS) is 1. The maximum atomic E-state index is 12.8. The Morgan fingerprint density at radius 1 is 1.69 bits per heavy atom. The highest BCUT2D eigenvalue weighted by molar-refractivity contribution is 9.10. The summed E-state index contributed by atoms with van der Waals surface area (Å²) >= 11 is 2.96. The Labute approximate surface area is 98.4 Å². The topological polar surface area (TPSA) is 59.4 Å². The lowest BCUT2D eigenvalue weighted by Crippen LogP contribution is -2.07. The van der Waals surface area contributed by atoms with Gasteiger partial charge in [0.15, 0.2) is 5.75 Å². The van der Waals surface area contributed by atoms with Gasteiger partial charge in [0.2, 0.25) is 0 Å². The van der Waals surface area contributed by atoms with Crippen molar-refractivity contribution >= 4 is 21.9 Å². The fourth-order valence-corrected chi connectivity index (χ4v) is 1.73. The molecule has 0 aliphatic carbocycles. The summed E-state index contributed by atoms with van der Waals surface area (Å²) in [5.74, 6) is -1.33. The molecule has 0 unspecified atom stereocenters. The molecule has 16 heavy (non-hydrogen) atoms. The molecule has 0 aromatic carbocycles. The molecule has 0 saturated carbocycles. The third-order valence-corrected chi connectivity index (χ3v) is 2.44. The standard InChI is InChI=1S/C9H8BrF2NO3/c1-16-7-6(9(11)12)4(2-5(14)15)3-13-8(7)10/h3,9H,2H2,1H3,(H,14,15). The van der Waals surface area contributed by atoms with E-state index >= 15 is 0 Å². The summed E-state index contributed by atoms with van der Waals surface area (Å²) in [7, 11) is 1.22. The fourth-order valence-electron chi connectivity index (χ4n) is 1.26. The van der Waals surface area contributed by atoms with Gasteiger partial charge in [-0.05, 0) is 21.5 Å². The van der Waals surface area contributed by atoms with Crippen molar-refractivity contribution in [1.82, 2.24) is 4.98 Å². The highest BCUT2D eigenvalue weighted by Crippen LogP contribution is 2.36. The number of pyridine rings is 1. The van der Waals surface area contributed by atoms with Crippen LogP contribution in [0.3, 0.4) is 0 Å². The van der Waals surface area contributed by atoms with Crippen molar-refractivity contribution in [2.45, 2.75) is 12.8 Å². The van der Waals surface area contributed by atoms with Crippen LogP contribution in [0.2, 0.25) is 0 Å². The summed E-state index contributed by atoms with van der Waals surface area (Å²) in [4.78, 5) is 14.2. The van der Waals surface area contributed by atoms with E-state index in [2.05, 4.69) is 20.9 Å². The second-order valence-corrected chi connectivity index (χ2v) is 3.64. The summed E-state index contributed by atoms with van der Waals surface area (Å²) < 4.78 is 30.5. The number of aromatic nitrogens is 1. The molecule has 7 heteroatoms. The van der Waals surface area contributed by atoms with Crippen molar-refractivity contribution in [1.29, 1.82) is 0 Å². The second kappa shape index (κ2) is 5.20. The van der Waals surface area contributed by atoms with Gasteiger partial charge in [0.1, 0.15) is 4.60 Å². The molecule has 88 valence electrons. The largest absolute Gasteiger partial charge is 0.493 e. The Morgan fingerprint density at radius 3 is 2.75 bits per heavy atom. The van der Waals surface area contributed by atoms with Crippen molar-refractivity contribution in [3.05, 3.63) is 21.9 Å². The number of methoxy groups -OCH3 is 1. The number of hydrogen-bond donors (Lipinski definition) is 1. The van der Waals surface area contributed by atoms with Crippen molar-refractivity contribution < 1.29 is 23.4 Å². The van der Waals surface area contributed by atoms with Gasteiger partial charge in [-0.1, -0.05) is 0 Å². The van der Waals surface area contributed by atoms with Crippen LogP contribution in [0.5, 0.6) is 5.75 Å². The van der Waals surface area contributed by atoms with E-state index in [1.165, 1.54) is 7.11 Å². The van der Waals surface area contributed by atoms with Gasteiger partial charge < -0.3 is 9.84 Å². The van der Waals surface area contributed by atoms with Gasteiger partial charge in [0, 0.05) is 6.20 Å². The summed E-state index contributed by atoms with van der Waals surface area (Å²) in [6.07, 6.45) is -2.23. The molecule has 0 fully saturated rings. The molecular weight excluding hydrogens is 288 g/mol. The summed E-state index contributed by atoms with van der Waals surface area (Å²) in [6, 6.07) is 0. The molecular formula is C9H8BrF2NO3. The van der Waals surface area contributed by atoms with Gasteiger partial charge in [-0.25, -0.2) is 13.8 Å². The Balaban J connectivity index is 3.32. The molecule has 0 atom stereocenters. The van der Waals surface area contributed by atoms with Gasteiger partial charge in [0.25, 0.3) is 6.43 Å². The van der Waals surface area contributed by atoms with Crippen LogP contribution in [-0.2, 0) is 11.2 Å². The van der Waals surface area contributed by atoms with Crippen molar-refractivity contribution in [2.24, 2.45) is 0 Å². The Kier molecular flexibility index (Phi) is 4.17. The quantitative estimate of drug-likeness (QED) is 0.867. The predicted molar refractivity (Wildman–Crippen MR) is 54.8 cm³/mol. The van der Waals surface area contributed by atoms with E-state index in [0.717, 1.165) is 6.20 Å². The Hall–Kier alpha value is -1.24. The monoisotopic (exact) mass is 295 g/mol. The molecule has 1 aromatic heterocycles. The molecule has 0 aliphatic rings. The smallest absolute Gasteiger partial charge is 0.307 e. The van der Waals surface area contributed by atoms with Gasteiger partial charge in [0.05, 0.1) is 19.1 Å². The number of halogens is 3. The van der Waals surface area contributed by atoms with Crippen LogP contribution in [0.25, 0.3) is 0 Å². The highest BCUT2D eigenvalue weighted by Gasteiger charge is 2.23. The zero-order chi connectivity index (χ0) is 12.3. The third-order valence-electron chi connectivity index (χ3n) is 1.88. The van der Waals surface area contributed by atoms with E-state index in [1.807, 2.05) is 0 Å². The normalized spacial score (nSPS) is 10.6. The molecule has 0 bridgehead atoms. The Bertz CT molecular complexity index is 412.